The van der Waals surface area contributed by atoms with Crippen LogP contribution >= 0.6 is 0 Å². The maximum atomic E-state index is 12.9. The zero-order chi connectivity index (χ0) is 11.3. The molecular weight excluding hydrogens is 195 g/mol. The predicted octanol–water partition coefficient (Wildman–Crippen LogP) is 2.44. The number of rotatable bonds is 5. The first-order valence-corrected chi connectivity index (χ1v) is 4.98. The van der Waals surface area contributed by atoms with Crippen LogP contribution in [0.3, 0.4) is 0 Å². The summed E-state index contributed by atoms with van der Waals surface area (Å²) in [5, 5.41) is 2.86. The monoisotopic (exact) mass is 210 g/mol. The third kappa shape index (κ3) is 3.65. The van der Waals surface area contributed by atoms with Crippen molar-refractivity contribution in [3.8, 4) is 0 Å². The number of halogens is 1. The maximum absolute atomic E-state index is 12.9. The Hall–Kier alpha value is -1.45. The van der Waals surface area contributed by atoms with E-state index in [0.29, 0.717) is 17.8 Å². The van der Waals surface area contributed by atoms with Gasteiger partial charge in [0.1, 0.15) is 12.0 Å². The van der Waals surface area contributed by atoms with E-state index in [2.05, 4.69) is 10.3 Å². The van der Waals surface area contributed by atoms with E-state index in [1.807, 2.05) is 0 Å². The average Bonchev–Trinajstić information content (AvgIpc) is 2.26. The summed E-state index contributed by atoms with van der Waals surface area (Å²) < 4.78 is 12.9. The third-order valence-corrected chi connectivity index (χ3v) is 2.12. The van der Waals surface area contributed by atoms with Crippen molar-refractivity contribution >= 4 is 11.6 Å². The van der Waals surface area contributed by atoms with E-state index in [9.17, 15) is 9.18 Å². The molecule has 1 heterocycles. The van der Waals surface area contributed by atoms with E-state index in [-0.39, 0.29) is 12.3 Å². The van der Waals surface area contributed by atoms with Gasteiger partial charge in [-0.05, 0) is 25.5 Å². The molecule has 0 saturated carbocycles. The normalized spacial score (nSPS) is 12.2. The van der Waals surface area contributed by atoms with E-state index in [1.54, 1.807) is 19.1 Å². The Balaban J connectivity index is 2.53. The Bertz CT molecular complexity index is 324. The van der Waals surface area contributed by atoms with Gasteiger partial charge < -0.3 is 5.32 Å². The second-order valence-corrected chi connectivity index (χ2v) is 3.37. The molecule has 1 aromatic rings. The van der Waals surface area contributed by atoms with Gasteiger partial charge in [0.2, 0.25) is 0 Å². The molecule has 0 radical (unpaired) electrons. The summed E-state index contributed by atoms with van der Waals surface area (Å²) in [4.78, 5) is 15.0. The Morgan fingerprint density at radius 1 is 1.60 bits per heavy atom. The lowest BCUT2D eigenvalue weighted by atomic mass is 10.2. The predicted molar refractivity (Wildman–Crippen MR) is 57.9 cm³/mol. The molecule has 0 bridgehead atoms. The Kier molecular flexibility index (Phi) is 4.21. The first-order chi connectivity index (χ1) is 7.13. The molecule has 1 N–H and O–H groups in total. The van der Waals surface area contributed by atoms with Crippen molar-refractivity contribution in [1.29, 1.82) is 0 Å². The van der Waals surface area contributed by atoms with Crippen molar-refractivity contribution in [3.63, 3.8) is 0 Å². The summed E-state index contributed by atoms with van der Waals surface area (Å²) in [5.74, 6) is 0.571. The fourth-order valence-electron chi connectivity index (χ4n) is 1.07. The molecule has 0 aliphatic rings. The number of anilines is 1. The zero-order valence-electron chi connectivity index (χ0n) is 8.96. The summed E-state index contributed by atoms with van der Waals surface area (Å²) in [5.41, 5.74) is 0.563. The maximum Gasteiger partial charge on any atom is 0.161 e. The number of alkyl halides is 1. The smallest absolute Gasteiger partial charge is 0.161 e. The first-order valence-electron chi connectivity index (χ1n) is 4.98. The van der Waals surface area contributed by atoms with Gasteiger partial charge in [-0.1, -0.05) is 6.92 Å². The van der Waals surface area contributed by atoms with Gasteiger partial charge in [-0.15, -0.1) is 0 Å². The standard InChI is InChI=1S/C11H15FN2O/c1-3-10(12)7-14-11-5-4-9(6-13-11)8(2)15/h4-6,10H,3,7H2,1-2H3,(H,13,14). The fraction of sp³-hybridized carbons (Fsp3) is 0.455. The number of hydrogen-bond acceptors (Lipinski definition) is 3. The van der Waals surface area contributed by atoms with Crippen LogP contribution in [0.2, 0.25) is 0 Å². The SMILES string of the molecule is CCC(F)CNc1ccc(C(C)=O)cn1. The van der Waals surface area contributed by atoms with Gasteiger partial charge in [0.15, 0.2) is 5.78 Å². The highest BCUT2D eigenvalue weighted by Crippen LogP contribution is 2.06. The molecule has 3 nitrogen and oxygen atoms in total. The van der Waals surface area contributed by atoms with E-state index < -0.39 is 6.17 Å². The second-order valence-electron chi connectivity index (χ2n) is 3.37. The number of nitrogens with one attached hydrogen (secondary N) is 1. The molecule has 4 heteroatoms. The lowest BCUT2D eigenvalue weighted by molar-refractivity contribution is 0.101. The highest BCUT2D eigenvalue weighted by molar-refractivity contribution is 5.93. The minimum Gasteiger partial charge on any atom is -0.367 e. The Morgan fingerprint density at radius 3 is 2.80 bits per heavy atom. The van der Waals surface area contributed by atoms with Crippen molar-refractivity contribution in [2.75, 3.05) is 11.9 Å². The number of ketones is 1. The molecule has 0 saturated heterocycles. The van der Waals surface area contributed by atoms with E-state index in [0.717, 1.165) is 0 Å². The summed E-state index contributed by atoms with van der Waals surface area (Å²) >= 11 is 0. The van der Waals surface area contributed by atoms with Crippen LogP contribution in [0.15, 0.2) is 18.3 Å². The van der Waals surface area contributed by atoms with Crippen molar-refractivity contribution in [3.05, 3.63) is 23.9 Å². The molecule has 0 aliphatic carbocycles. The first kappa shape index (κ1) is 11.6. The van der Waals surface area contributed by atoms with E-state index in [4.69, 9.17) is 0 Å². The number of Topliss-reactive ketones (excluding diaryl/α,β-unsaturated/α-hetero) is 1. The fourth-order valence-corrected chi connectivity index (χ4v) is 1.07. The van der Waals surface area contributed by atoms with Crippen LogP contribution in [0, 0.1) is 0 Å². The van der Waals surface area contributed by atoms with Crippen LogP contribution in [-0.2, 0) is 0 Å². The van der Waals surface area contributed by atoms with E-state index in [1.165, 1.54) is 13.1 Å². The molecule has 1 unspecified atom stereocenters. The summed E-state index contributed by atoms with van der Waals surface area (Å²) in [6, 6.07) is 3.36. The Labute approximate surface area is 88.7 Å². The lowest BCUT2D eigenvalue weighted by Crippen LogP contribution is -2.14. The van der Waals surface area contributed by atoms with Crippen LogP contribution < -0.4 is 5.32 Å². The van der Waals surface area contributed by atoms with Crippen LogP contribution in [0.25, 0.3) is 0 Å². The largest absolute Gasteiger partial charge is 0.367 e. The number of hydrogen-bond donors (Lipinski definition) is 1. The van der Waals surface area contributed by atoms with Crippen molar-refractivity contribution < 1.29 is 9.18 Å². The number of carbonyl (C=O) groups is 1. The van der Waals surface area contributed by atoms with Gasteiger partial charge in [-0.25, -0.2) is 9.37 Å². The summed E-state index contributed by atoms with van der Waals surface area (Å²) in [7, 11) is 0. The average molecular weight is 210 g/mol. The molecule has 0 aromatic carbocycles. The van der Waals surface area contributed by atoms with Crippen LogP contribution in [-0.4, -0.2) is 23.5 Å². The molecule has 1 atom stereocenters. The molecule has 0 fully saturated rings. The summed E-state index contributed by atoms with van der Waals surface area (Å²) in [6.07, 6.45) is 1.11. The summed E-state index contributed by atoms with van der Waals surface area (Å²) in [6.45, 7) is 3.53. The van der Waals surface area contributed by atoms with Crippen molar-refractivity contribution in [2.45, 2.75) is 26.4 Å². The minimum absolute atomic E-state index is 0.0222. The van der Waals surface area contributed by atoms with Gasteiger partial charge >= 0.3 is 0 Å². The van der Waals surface area contributed by atoms with Gasteiger partial charge in [0.25, 0.3) is 0 Å². The van der Waals surface area contributed by atoms with Crippen molar-refractivity contribution in [2.24, 2.45) is 0 Å². The molecular formula is C11H15FN2O. The highest BCUT2D eigenvalue weighted by Gasteiger charge is 2.03. The van der Waals surface area contributed by atoms with Crippen molar-refractivity contribution in [1.82, 2.24) is 4.98 Å². The second kappa shape index (κ2) is 5.44. The molecule has 82 valence electrons. The van der Waals surface area contributed by atoms with Gasteiger partial charge in [-0.3, -0.25) is 4.79 Å². The molecule has 0 aliphatic heterocycles. The van der Waals surface area contributed by atoms with Gasteiger partial charge in [0.05, 0.1) is 0 Å². The van der Waals surface area contributed by atoms with Gasteiger partial charge in [0, 0.05) is 18.3 Å². The molecule has 1 aromatic heterocycles. The molecule has 1 rings (SSSR count). The third-order valence-electron chi connectivity index (χ3n) is 2.12. The zero-order valence-corrected chi connectivity index (χ0v) is 8.96. The number of aromatic nitrogens is 1. The number of carbonyl (C=O) groups excluding carboxylic acids is 1. The van der Waals surface area contributed by atoms with Gasteiger partial charge in [-0.2, -0.15) is 0 Å². The topological polar surface area (TPSA) is 42.0 Å². The van der Waals surface area contributed by atoms with Crippen LogP contribution in [0.1, 0.15) is 30.6 Å². The highest BCUT2D eigenvalue weighted by atomic mass is 19.1. The molecule has 0 spiro atoms. The lowest BCUT2D eigenvalue weighted by Gasteiger charge is -2.07. The Morgan fingerprint density at radius 2 is 2.33 bits per heavy atom. The number of nitrogens with zero attached hydrogens (tertiary/aromatic N) is 1. The number of pyridine rings is 1. The molecule has 0 amide bonds. The molecule has 15 heavy (non-hydrogen) atoms. The van der Waals surface area contributed by atoms with E-state index >= 15 is 0 Å². The van der Waals surface area contributed by atoms with Crippen LogP contribution in [0.5, 0.6) is 0 Å². The minimum atomic E-state index is -0.862. The quantitative estimate of drug-likeness (QED) is 0.759. The van der Waals surface area contributed by atoms with Crippen LogP contribution in [0.4, 0.5) is 10.2 Å².